The van der Waals surface area contributed by atoms with Crippen LogP contribution in [0.3, 0.4) is 0 Å². The van der Waals surface area contributed by atoms with E-state index in [1.807, 2.05) is 0 Å². The van der Waals surface area contributed by atoms with Crippen LogP contribution in [-0.2, 0) is 19.6 Å². The van der Waals surface area contributed by atoms with Crippen LogP contribution >= 0.6 is 0 Å². The van der Waals surface area contributed by atoms with Gasteiger partial charge >= 0.3 is 0 Å². The van der Waals surface area contributed by atoms with E-state index in [-0.39, 0.29) is 36.3 Å². The van der Waals surface area contributed by atoms with Crippen LogP contribution < -0.4 is 5.32 Å². The van der Waals surface area contributed by atoms with E-state index in [0.717, 1.165) is 0 Å². The van der Waals surface area contributed by atoms with Gasteiger partial charge in [-0.25, -0.2) is 8.78 Å². The van der Waals surface area contributed by atoms with Crippen molar-refractivity contribution < 1.29 is 18.4 Å². The number of hydrogen-bond donors (Lipinski definition) is 1. The first-order valence-electron chi connectivity index (χ1n) is 9.64. The highest BCUT2D eigenvalue weighted by molar-refractivity contribution is 5.98. The van der Waals surface area contributed by atoms with Crippen molar-refractivity contribution in [1.29, 1.82) is 0 Å². The van der Waals surface area contributed by atoms with Crippen LogP contribution in [0.1, 0.15) is 38.5 Å². The van der Waals surface area contributed by atoms with Gasteiger partial charge in [0.05, 0.1) is 0 Å². The van der Waals surface area contributed by atoms with Gasteiger partial charge in [-0.05, 0) is 41.8 Å². The summed E-state index contributed by atoms with van der Waals surface area (Å²) >= 11 is 0. The largest absolute Gasteiger partial charge is 0.347 e. The zero-order chi connectivity index (χ0) is 21.1. The molecule has 0 aliphatic carbocycles. The van der Waals surface area contributed by atoms with Crippen molar-refractivity contribution in [3.8, 4) is 0 Å². The molecule has 2 aromatic carbocycles. The predicted molar refractivity (Wildman–Crippen MR) is 106 cm³/mol. The molecule has 0 spiro atoms. The molecule has 0 bridgehead atoms. The lowest BCUT2D eigenvalue weighted by atomic mass is 10.2. The number of carbonyl (C=O) groups is 2. The summed E-state index contributed by atoms with van der Waals surface area (Å²) in [5.74, 6) is -1.42. The van der Waals surface area contributed by atoms with E-state index in [2.05, 4.69) is 10.4 Å². The molecule has 2 heterocycles. The summed E-state index contributed by atoms with van der Waals surface area (Å²) in [5, 5.41) is 6.96. The van der Waals surface area contributed by atoms with Gasteiger partial charge in [-0.2, -0.15) is 5.10 Å². The smallest absolute Gasteiger partial charge is 0.272 e. The zero-order valence-corrected chi connectivity index (χ0v) is 16.1. The summed E-state index contributed by atoms with van der Waals surface area (Å²) in [6.07, 6.45) is 0.667. The lowest BCUT2D eigenvalue weighted by molar-refractivity contribution is 0.0745. The van der Waals surface area contributed by atoms with Gasteiger partial charge in [-0.3, -0.25) is 14.3 Å². The van der Waals surface area contributed by atoms with E-state index in [9.17, 15) is 18.4 Å². The van der Waals surface area contributed by atoms with Crippen molar-refractivity contribution in [1.82, 2.24) is 20.0 Å². The Bertz CT molecular complexity index is 1100. The maximum absolute atomic E-state index is 13.5. The first kappa shape index (κ1) is 19.8. The van der Waals surface area contributed by atoms with Gasteiger partial charge in [-0.1, -0.05) is 24.3 Å². The monoisotopic (exact) mass is 410 g/mol. The number of aromatic nitrogens is 2. The summed E-state index contributed by atoms with van der Waals surface area (Å²) in [4.78, 5) is 27.1. The number of fused-ring (bicyclic) bond motifs is 1. The Kier molecular flexibility index (Phi) is 5.56. The first-order valence-corrected chi connectivity index (χ1v) is 9.64. The minimum atomic E-state index is -0.440. The number of nitrogens with zero attached hydrogens (tertiary/aromatic N) is 3. The van der Waals surface area contributed by atoms with Crippen LogP contribution in [0.15, 0.2) is 54.6 Å². The normalized spacial score (nSPS) is 13.7. The summed E-state index contributed by atoms with van der Waals surface area (Å²) in [6.45, 7) is 1.44. The fourth-order valence-corrected chi connectivity index (χ4v) is 3.47. The number of rotatable bonds is 5. The van der Waals surface area contributed by atoms with Gasteiger partial charge in [-0.15, -0.1) is 0 Å². The molecule has 0 saturated carbocycles. The fourth-order valence-electron chi connectivity index (χ4n) is 3.47. The highest BCUT2D eigenvalue weighted by Crippen LogP contribution is 2.17. The molecule has 1 aromatic heterocycles. The number of halogens is 2. The van der Waals surface area contributed by atoms with Gasteiger partial charge in [0.15, 0.2) is 5.69 Å². The molecule has 1 aliphatic rings. The number of aryl methyl sites for hydroxylation is 1. The molecule has 0 saturated heterocycles. The van der Waals surface area contributed by atoms with Crippen molar-refractivity contribution in [2.75, 3.05) is 6.54 Å². The predicted octanol–water partition coefficient (Wildman–Crippen LogP) is 3.14. The van der Waals surface area contributed by atoms with Crippen LogP contribution in [-0.4, -0.2) is 33.0 Å². The topological polar surface area (TPSA) is 67.2 Å². The van der Waals surface area contributed by atoms with Gasteiger partial charge in [0.1, 0.15) is 17.3 Å². The quantitative estimate of drug-likeness (QED) is 0.703. The molecule has 8 heteroatoms. The molecular weight excluding hydrogens is 390 g/mol. The van der Waals surface area contributed by atoms with E-state index >= 15 is 0 Å². The van der Waals surface area contributed by atoms with Crippen molar-refractivity contribution in [3.05, 3.63) is 88.7 Å². The van der Waals surface area contributed by atoms with Crippen LogP contribution in [0.4, 0.5) is 8.78 Å². The molecule has 2 amide bonds. The highest BCUT2D eigenvalue weighted by atomic mass is 19.1. The molecule has 1 aliphatic heterocycles. The van der Waals surface area contributed by atoms with E-state index < -0.39 is 5.91 Å². The Hall–Kier alpha value is -3.55. The molecule has 4 rings (SSSR count). The zero-order valence-electron chi connectivity index (χ0n) is 16.1. The standard InChI is InChI=1S/C22H20F2N4O2/c23-17-6-1-4-15(10-17)13-25-21(29)19-12-20-22(30)27(8-3-9-28(20)26-19)14-16-5-2-7-18(24)11-16/h1-2,4-7,10-12H,3,8-9,13-14H2,(H,25,29). The second-order valence-corrected chi connectivity index (χ2v) is 7.16. The van der Waals surface area contributed by atoms with Gasteiger partial charge in [0, 0.05) is 32.2 Å². The molecule has 1 N–H and O–H groups in total. The number of hydrogen-bond acceptors (Lipinski definition) is 3. The van der Waals surface area contributed by atoms with Crippen molar-refractivity contribution >= 4 is 11.8 Å². The Balaban J connectivity index is 1.47. The summed E-state index contributed by atoms with van der Waals surface area (Å²) < 4.78 is 28.3. The molecule has 0 radical (unpaired) electrons. The number of benzene rings is 2. The van der Waals surface area contributed by atoms with E-state index in [4.69, 9.17) is 0 Å². The lowest BCUT2D eigenvalue weighted by Gasteiger charge is -2.20. The average Bonchev–Trinajstić information content (AvgIpc) is 3.09. The average molecular weight is 410 g/mol. The first-order chi connectivity index (χ1) is 14.5. The summed E-state index contributed by atoms with van der Waals surface area (Å²) in [6, 6.07) is 13.6. The second kappa shape index (κ2) is 8.44. The van der Waals surface area contributed by atoms with E-state index in [1.165, 1.54) is 35.0 Å². The second-order valence-electron chi connectivity index (χ2n) is 7.16. The molecule has 30 heavy (non-hydrogen) atoms. The van der Waals surface area contributed by atoms with Crippen LogP contribution in [0.2, 0.25) is 0 Å². The molecule has 6 nitrogen and oxygen atoms in total. The van der Waals surface area contributed by atoms with Crippen molar-refractivity contribution in [2.45, 2.75) is 26.1 Å². The molecule has 0 atom stereocenters. The van der Waals surface area contributed by atoms with Crippen molar-refractivity contribution in [2.24, 2.45) is 0 Å². The van der Waals surface area contributed by atoms with Crippen LogP contribution in [0, 0.1) is 11.6 Å². The highest BCUT2D eigenvalue weighted by Gasteiger charge is 2.26. The van der Waals surface area contributed by atoms with Gasteiger partial charge in [0.25, 0.3) is 11.8 Å². The molecule has 154 valence electrons. The summed E-state index contributed by atoms with van der Waals surface area (Å²) in [5.41, 5.74) is 1.77. The molecule has 0 fully saturated rings. The van der Waals surface area contributed by atoms with E-state index in [1.54, 1.807) is 29.2 Å². The Morgan fingerprint density at radius 1 is 1.00 bits per heavy atom. The minimum Gasteiger partial charge on any atom is -0.347 e. The molecule has 3 aromatic rings. The van der Waals surface area contributed by atoms with E-state index in [0.29, 0.717) is 36.3 Å². The number of amides is 2. The van der Waals surface area contributed by atoms with Crippen LogP contribution in [0.25, 0.3) is 0 Å². The minimum absolute atomic E-state index is 0.127. The SMILES string of the molecule is O=C(NCc1cccc(F)c1)c1cc2n(n1)CCCN(Cc1cccc(F)c1)C2=O. The Morgan fingerprint density at radius 3 is 2.43 bits per heavy atom. The number of carbonyl (C=O) groups excluding carboxylic acids is 2. The maximum Gasteiger partial charge on any atom is 0.272 e. The summed E-state index contributed by atoms with van der Waals surface area (Å²) in [7, 11) is 0. The van der Waals surface area contributed by atoms with Gasteiger partial charge < -0.3 is 10.2 Å². The molecular formula is C22H20F2N4O2. The van der Waals surface area contributed by atoms with Crippen LogP contribution in [0.5, 0.6) is 0 Å². The Labute approximate surface area is 172 Å². The Morgan fingerprint density at radius 2 is 1.70 bits per heavy atom. The molecule has 0 unspecified atom stereocenters. The lowest BCUT2D eigenvalue weighted by Crippen LogP contribution is -2.30. The third-order valence-corrected chi connectivity index (χ3v) is 4.92. The maximum atomic E-state index is 13.5. The van der Waals surface area contributed by atoms with Gasteiger partial charge in [0.2, 0.25) is 0 Å². The van der Waals surface area contributed by atoms with Crippen molar-refractivity contribution in [3.63, 3.8) is 0 Å². The third-order valence-electron chi connectivity index (χ3n) is 4.92. The third kappa shape index (κ3) is 4.37. The number of nitrogens with one attached hydrogen (secondary N) is 1. The fraction of sp³-hybridized carbons (Fsp3) is 0.227.